The third kappa shape index (κ3) is 3.98. The van der Waals surface area contributed by atoms with Crippen LogP contribution in [-0.4, -0.2) is 53.1 Å². The number of nitrogens with zero attached hydrogens (tertiary/aromatic N) is 4. The van der Waals surface area contributed by atoms with Gasteiger partial charge in [-0.1, -0.05) is 24.3 Å². The molecule has 0 spiro atoms. The molecule has 1 saturated heterocycles. The molecule has 168 valence electrons. The number of nitrogens with one attached hydrogen (secondary N) is 1. The first-order valence-corrected chi connectivity index (χ1v) is 10.8. The van der Waals surface area contributed by atoms with Crippen LogP contribution in [0.2, 0.25) is 0 Å². The predicted molar refractivity (Wildman–Crippen MR) is 127 cm³/mol. The van der Waals surface area contributed by atoms with E-state index < -0.39 is 0 Å². The first-order valence-electron chi connectivity index (χ1n) is 10.8. The van der Waals surface area contributed by atoms with Crippen LogP contribution in [0.1, 0.15) is 28.8 Å². The monoisotopic (exact) mass is 444 g/mol. The van der Waals surface area contributed by atoms with Gasteiger partial charge >= 0.3 is 0 Å². The molecule has 0 bridgehead atoms. The number of nitrogen functional groups attached to an aromatic ring is 1. The number of rotatable bonds is 6. The van der Waals surface area contributed by atoms with Crippen molar-refractivity contribution < 1.29 is 14.3 Å². The molecule has 1 unspecified atom stereocenters. The van der Waals surface area contributed by atoms with Crippen molar-refractivity contribution in [1.82, 2.24) is 20.0 Å². The molecule has 3 heterocycles. The van der Waals surface area contributed by atoms with Crippen molar-refractivity contribution in [2.24, 2.45) is 5.10 Å². The Morgan fingerprint density at radius 2 is 2.00 bits per heavy atom. The molecule has 2 aromatic heterocycles. The van der Waals surface area contributed by atoms with Crippen LogP contribution in [-0.2, 0) is 4.74 Å². The van der Waals surface area contributed by atoms with E-state index in [1.54, 1.807) is 13.3 Å². The van der Waals surface area contributed by atoms with E-state index in [1.807, 2.05) is 48.5 Å². The second kappa shape index (κ2) is 8.87. The summed E-state index contributed by atoms with van der Waals surface area (Å²) in [4.78, 5) is 22.6. The van der Waals surface area contributed by atoms with Gasteiger partial charge in [0.15, 0.2) is 5.65 Å². The summed E-state index contributed by atoms with van der Waals surface area (Å²) in [7, 11) is 1.60. The fourth-order valence-electron chi connectivity index (χ4n) is 3.98. The van der Waals surface area contributed by atoms with E-state index in [0.29, 0.717) is 34.5 Å². The molecule has 1 aliphatic heterocycles. The van der Waals surface area contributed by atoms with E-state index >= 15 is 0 Å². The number of methoxy groups -OCH3 is 1. The van der Waals surface area contributed by atoms with Gasteiger partial charge in [0.1, 0.15) is 22.6 Å². The maximum Gasteiger partial charge on any atom is 0.257 e. The fourth-order valence-corrected chi connectivity index (χ4v) is 3.98. The number of nitrogens with two attached hydrogens (primary N) is 1. The zero-order valence-electron chi connectivity index (χ0n) is 18.2. The molecule has 3 N–H and O–H groups in total. The Hall–Kier alpha value is -3.98. The molecule has 4 aromatic rings. The summed E-state index contributed by atoms with van der Waals surface area (Å²) in [6.45, 7) is 1.13. The van der Waals surface area contributed by atoms with Gasteiger partial charge in [-0.15, -0.1) is 0 Å². The second-order valence-corrected chi connectivity index (χ2v) is 7.79. The van der Waals surface area contributed by atoms with Gasteiger partial charge < -0.3 is 20.5 Å². The average Bonchev–Trinajstić information content (AvgIpc) is 3.45. The smallest absolute Gasteiger partial charge is 0.257 e. The van der Waals surface area contributed by atoms with E-state index in [0.717, 1.165) is 25.0 Å². The number of hydrogen-bond acceptors (Lipinski definition) is 7. The highest BCUT2D eigenvalue weighted by molar-refractivity contribution is 6.10. The molecule has 9 nitrogen and oxygen atoms in total. The largest absolute Gasteiger partial charge is 0.496 e. The highest BCUT2D eigenvalue weighted by Gasteiger charge is 2.25. The Kier molecular flexibility index (Phi) is 5.62. The highest BCUT2D eigenvalue weighted by atomic mass is 16.5. The van der Waals surface area contributed by atoms with Gasteiger partial charge in [-0.25, -0.2) is 9.97 Å². The molecule has 1 atom stereocenters. The van der Waals surface area contributed by atoms with Crippen molar-refractivity contribution in [3.63, 3.8) is 0 Å². The van der Waals surface area contributed by atoms with Crippen LogP contribution in [0, 0.1) is 0 Å². The summed E-state index contributed by atoms with van der Waals surface area (Å²) in [5.41, 5.74) is 9.61. The van der Waals surface area contributed by atoms with Gasteiger partial charge in [0.05, 0.1) is 30.5 Å². The zero-order chi connectivity index (χ0) is 22.8. The number of ether oxygens (including phenoxy) is 2. The van der Waals surface area contributed by atoms with E-state index in [4.69, 9.17) is 25.2 Å². The number of amides is 1. The van der Waals surface area contributed by atoms with Crippen molar-refractivity contribution in [2.45, 2.75) is 18.9 Å². The summed E-state index contributed by atoms with van der Waals surface area (Å²) < 4.78 is 12.5. The minimum atomic E-state index is -0.330. The molecule has 33 heavy (non-hydrogen) atoms. The topological polar surface area (TPSA) is 117 Å². The second-order valence-electron chi connectivity index (χ2n) is 7.79. The van der Waals surface area contributed by atoms with Crippen molar-refractivity contribution in [3.8, 4) is 5.75 Å². The molecular weight excluding hydrogens is 420 g/mol. The van der Waals surface area contributed by atoms with Gasteiger partial charge in [0, 0.05) is 18.7 Å². The number of benzene rings is 2. The SMILES string of the molecule is COc1ccccc1/C=N/n1c(N)c(C(=O)NCC2CCCO2)c2nc3ccccc3nc21. The first kappa shape index (κ1) is 20.9. The Bertz CT molecular complexity index is 1360. The summed E-state index contributed by atoms with van der Waals surface area (Å²) in [5.74, 6) is 0.502. The lowest BCUT2D eigenvalue weighted by atomic mass is 10.2. The highest BCUT2D eigenvalue weighted by Crippen LogP contribution is 2.28. The molecule has 1 amide bonds. The summed E-state index contributed by atoms with van der Waals surface area (Å²) in [6, 6.07) is 14.9. The molecule has 2 aromatic carbocycles. The first-order chi connectivity index (χ1) is 16.2. The van der Waals surface area contributed by atoms with Gasteiger partial charge in [-0.3, -0.25) is 4.79 Å². The third-order valence-corrected chi connectivity index (χ3v) is 5.67. The van der Waals surface area contributed by atoms with Crippen LogP contribution in [0.5, 0.6) is 5.75 Å². The van der Waals surface area contributed by atoms with Crippen molar-refractivity contribution in [3.05, 3.63) is 59.7 Å². The number of hydrogen-bond donors (Lipinski definition) is 2. The summed E-state index contributed by atoms with van der Waals surface area (Å²) in [6.07, 6.45) is 3.56. The van der Waals surface area contributed by atoms with Gasteiger partial charge in [-0.2, -0.15) is 9.78 Å². The lowest BCUT2D eigenvalue weighted by Gasteiger charge is -2.10. The molecule has 0 aliphatic carbocycles. The quantitative estimate of drug-likeness (QED) is 0.442. The Morgan fingerprint density at radius 3 is 2.76 bits per heavy atom. The average molecular weight is 444 g/mol. The third-order valence-electron chi connectivity index (χ3n) is 5.67. The van der Waals surface area contributed by atoms with Crippen molar-refractivity contribution in [1.29, 1.82) is 0 Å². The lowest BCUT2D eigenvalue weighted by molar-refractivity contribution is 0.0859. The lowest BCUT2D eigenvalue weighted by Crippen LogP contribution is -2.32. The Balaban J connectivity index is 1.60. The van der Waals surface area contributed by atoms with E-state index in [2.05, 4.69) is 10.4 Å². The zero-order valence-corrected chi connectivity index (χ0v) is 18.2. The minimum absolute atomic E-state index is 0.0130. The van der Waals surface area contributed by atoms with Crippen LogP contribution >= 0.6 is 0 Å². The Labute approximate surface area is 190 Å². The number of fused-ring (bicyclic) bond motifs is 2. The van der Waals surface area contributed by atoms with Crippen molar-refractivity contribution >= 4 is 40.1 Å². The standard InChI is InChI=1S/C24H24N6O3/c1-32-19-11-5-2-7-15(19)13-27-30-22(25)20(24(31)26-14-16-8-6-12-33-16)21-23(30)29-18-10-4-3-9-17(18)28-21/h2-5,7,9-11,13,16H,6,8,12,14,25H2,1H3,(H,26,31)/b27-13+. The molecule has 5 rings (SSSR count). The number of carbonyl (C=O) groups is 1. The number of para-hydroxylation sites is 3. The summed E-state index contributed by atoms with van der Waals surface area (Å²) in [5, 5.41) is 7.47. The van der Waals surface area contributed by atoms with Crippen molar-refractivity contribution in [2.75, 3.05) is 26.0 Å². The number of carbonyl (C=O) groups excluding carboxylic acids is 1. The molecule has 0 saturated carbocycles. The molecule has 9 heteroatoms. The van der Waals surface area contributed by atoms with Crippen LogP contribution in [0.15, 0.2) is 53.6 Å². The Morgan fingerprint density at radius 1 is 1.24 bits per heavy atom. The molecular formula is C24H24N6O3. The van der Waals surface area contributed by atoms with Crippen LogP contribution < -0.4 is 15.8 Å². The van der Waals surface area contributed by atoms with E-state index in [9.17, 15) is 4.79 Å². The van der Waals surface area contributed by atoms with E-state index in [1.165, 1.54) is 4.68 Å². The maximum absolute atomic E-state index is 13.2. The fraction of sp³-hybridized carbons (Fsp3) is 0.250. The molecule has 0 radical (unpaired) electrons. The molecule has 1 fully saturated rings. The van der Waals surface area contributed by atoms with Gasteiger partial charge in [-0.05, 0) is 37.1 Å². The minimum Gasteiger partial charge on any atom is -0.496 e. The predicted octanol–water partition coefficient (Wildman–Crippen LogP) is 2.97. The van der Waals surface area contributed by atoms with Crippen LogP contribution in [0.25, 0.3) is 22.2 Å². The van der Waals surface area contributed by atoms with Crippen LogP contribution in [0.4, 0.5) is 5.82 Å². The normalized spacial score (nSPS) is 16.1. The van der Waals surface area contributed by atoms with E-state index in [-0.39, 0.29) is 23.4 Å². The van der Waals surface area contributed by atoms with Gasteiger partial charge in [0.25, 0.3) is 5.91 Å². The molecule has 1 aliphatic rings. The van der Waals surface area contributed by atoms with Crippen LogP contribution in [0.3, 0.4) is 0 Å². The number of anilines is 1. The maximum atomic E-state index is 13.2. The summed E-state index contributed by atoms with van der Waals surface area (Å²) >= 11 is 0. The van der Waals surface area contributed by atoms with Gasteiger partial charge in [0.2, 0.25) is 0 Å². The number of aromatic nitrogens is 3.